The van der Waals surface area contributed by atoms with Crippen molar-refractivity contribution in [3.05, 3.63) is 0 Å². The van der Waals surface area contributed by atoms with Gasteiger partial charge in [0.25, 0.3) is 0 Å². The van der Waals surface area contributed by atoms with Gasteiger partial charge in [-0.2, -0.15) is 13.2 Å². The van der Waals surface area contributed by atoms with Crippen molar-refractivity contribution in [1.82, 2.24) is 35.6 Å². The molecule has 57 heavy (non-hydrogen) atoms. The number of halogens is 3. The molecular weight excluding hydrogens is 755 g/mol. The Morgan fingerprint density at radius 2 is 1.07 bits per heavy atom. The van der Waals surface area contributed by atoms with Crippen molar-refractivity contribution < 1.29 is 56.6 Å². The van der Waals surface area contributed by atoms with Gasteiger partial charge in [-0.25, -0.2) is 0 Å². The van der Waals surface area contributed by atoms with Crippen LogP contribution in [0.15, 0.2) is 0 Å². The first-order valence-corrected chi connectivity index (χ1v) is 20.1. The van der Waals surface area contributed by atoms with Crippen LogP contribution in [0.2, 0.25) is 0 Å². The fourth-order valence-corrected chi connectivity index (χ4v) is 8.23. The molecule has 4 atom stereocenters. The van der Waals surface area contributed by atoms with Gasteiger partial charge < -0.3 is 40.7 Å². The number of likely N-dealkylation sites (tertiary alicyclic amines) is 2. The molecule has 3 aliphatic rings. The molecule has 3 rings (SSSR count). The van der Waals surface area contributed by atoms with Crippen molar-refractivity contribution in [2.45, 2.75) is 142 Å². The molecule has 1 saturated carbocycles. The predicted octanol–water partition coefficient (Wildman–Crippen LogP) is 1.80. The van der Waals surface area contributed by atoms with Crippen molar-refractivity contribution in [1.29, 1.82) is 0 Å². The molecule has 322 valence electrons. The van der Waals surface area contributed by atoms with E-state index in [2.05, 4.69) is 10.6 Å². The molecule has 0 aromatic rings. The second kappa shape index (κ2) is 20.3. The normalized spacial score (nSPS) is 18.8. The zero-order chi connectivity index (χ0) is 42.8. The molecule has 2 heterocycles. The lowest BCUT2D eigenvalue weighted by molar-refractivity contribution is -0.177. The van der Waals surface area contributed by atoms with E-state index in [9.17, 15) is 56.6 Å². The van der Waals surface area contributed by atoms with Gasteiger partial charge in [0.1, 0.15) is 29.7 Å². The van der Waals surface area contributed by atoms with E-state index in [1.807, 2.05) is 5.32 Å². The summed E-state index contributed by atoms with van der Waals surface area (Å²) in [7, 11) is 0. The van der Waals surface area contributed by atoms with E-state index < -0.39 is 108 Å². The quantitative estimate of drug-likeness (QED) is 0.159. The summed E-state index contributed by atoms with van der Waals surface area (Å²) >= 11 is 0. The fourth-order valence-electron chi connectivity index (χ4n) is 8.23. The second-order valence-corrected chi connectivity index (χ2v) is 15.9. The summed E-state index contributed by atoms with van der Waals surface area (Å²) in [6, 6.07) is -5.36. The van der Waals surface area contributed by atoms with Gasteiger partial charge in [-0.05, 0) is 64.2 Å². The Balaban J connectivity index is 1.92. The van der Waals surface area contributed by atoms with Crippen LogP contribution >= 0.6 is 0 Å². The minimum absolute atomic E-state index is 0.0319. The lowest BCUT2D eigenvalue weighted by atomic mass is 9.92. The number of likely N-dealkylation sites (N-methyl/N-ethyl adjacent to an activating group) is 2. The van der Waals surface area contributed by atoms with Gasteiger partial charge in [0.05, 0.1) is 12.8 Å². The lowest BCUT2D eigenvalue weighted by Gasteiger charge is -2.40. The van der Waals surface area contributed by atoms with Gasteiger partial charge in [-0.1, -0.05) is 40.5 Å². The number of aliphatic carboxylic acids is 1. The zero-order valence-electron chi connectivity index (χ0n) is 33.9. The summed E-state index contributed by atoms with van der Waals surface area (Å²) in [5.74, 6) is -9.02. The number of alkyl halides is 3. The minimum atomic E-state index is -5.25. The molecule has 1 aliphatic carbocycles. The molecule has 19 heteroatoms. The SMILES string of the molecule is CCN(C(=O)C[C@H](NC(=O)[C@H](C(C)C)N(CC)C(=O)C1(NC(=O)C(F)(F)F)CCCC1)C(=O)N1CCCC1)[C@H](C(=O)N[C@@H](CC(=O)O)C(=O)N1CCCC1)C(C)C. The monoisotopic (exact) mass is 815 g/mol. The Hall–Kier alpha value is -4.45. The molecule has 0 spiro atoms. The van der Waals surface area contributed by atoms with E-state index >= 15 is 0 Å². The molecular formula is C38H60F3N7O9. The molecule has 16 nitrogen and oxygen atoms in total. The maximum absolute atomic E-state index is 14.3. The highest BCUT2D eigenvalue weighted by Crippen LogP contribution is 2.34. The summed E-state index contributed by atoms with van der Waals surface area (Å²) in [5.41, 5.74) is -1.90. The number of carbonyl (C=O) groups is 8. The van der Waals surface area contributed by atoms with Crippen LogP contribution in [-0.4, -0.2) is 147 Å². The minimum Gasteiger partial charge on any atom is -0.481 e. The van der Waals surface area contributed by atoms with Gasteiger partial charge in [-0.3, -0.25) is 38.4 Å². The van der Waals surface area contributed by atoms with Crippen molar-refractivity contribution in [2.75, 3.05) is 39.3 Å². The first-order chi connectivity index (χ1) is 26.7. The maximum Gasteiger partial charge on any atom is 0.471 e. The van der Waals surface area contributed by atoms with E-state index in [4.69, 9.17) is 0 Å². The highest BCUT2D eigenvalue weighted by molar-refractivity contribution is 5.99. The van der Waals surface area contributed by atoms with Crippen LogP contribution in [0.25, 0.3) is 0 Å². The Labute approximate surface area is 331 Å². The molecule has 0 unspecified atom stereocenters. The first kappa shape index (κ1) is 46.9. The molecule has 2 saturated heterocycles. The van der Waals surface area contributed by atoms with Gasteiger partial charge in [-0.15, -0.1) is 0 Å². The second-order valence-electron chi connectivity index (χ2n) is 15.9. The van der Waals surface area contributed by atoms with Crippen LogP contribution in [0.4, 0.5) is 13.2 Å². The van der Waals surface area contributed by atoms with E-state index in [1.165, 1.54) is 14.7 Å². The number of amides is 7. The summed E-state index contributed by atoms with van der Waals surface area (Å²) in [6.07, 6.45) is -3.07. The largest absolute Gasteiger partial charge is 0.481 e. The van der Waals surface area contributed by atoms with E-state index in [0.29, 0.717) is 51.9 Å². The van der Waals surface area contributed by atoms with Gasteiger partial charge in [0.15, 0.2) is 0 Å². The Morgan fingerprint density at radius 3 is 1.44 bits per heavy atom. The van der Waals surface area contributed by atoms with Gasteiger partial charge in [0, 0.05) is 39.3 Å². The van der Waals surface area contributed by atoms with Gasteiger partial charge >= 0.3 is 18.1 Å². The Kier molecular flexibility index (Phi) is 16.7. The summed E-state index contributed by atoms with van der Waals surface area (Å²) in [4.78, 5) is 113. The molecule has 0 radical (unpaired) electrons. The number of hydrogen-bond acceptors (Lipinski definition) is 8. The Morgan fingerprint density at radius 1 is 0.667 bits per heavy atom. The van der Waals surface area contributed by atoms with Crippen LogP contribution in [0.1, 0.15) is 106 Å². The first-order valence-electron chi connectivity index (χ1n) is 20.1. The van der Waals surface area contributed by atoms with E-state index in [1.54, 1.807) is 41.5 Å². The number of rotatable bonds is 18. The van der Waals surface area contributed by atoms with Crippen molar-refractivity contribution in [2.24, 2.45) is 11.8 Å². The highest BCUT2D eigenvalue weighted by Gasteiger charge is 2.52. The van der Waals surface area contributed by atoms with Gasteiger partial charge in [0.2, 0.25) is 35.4 Å². The van der Waals surface area contributed by atoms with Crippen molar-refractivity contribution >= 4 is 47.3 Å². The van der Waals surface area contributed by atoms with Crippen LogP contribution < -0.4 is 16.0 Å². The highest BCUT2D eigenvalue weighted by atomic mass is 19.4. The predicted molar refractivity (Wildman–Crippen MR) is 200 cm³/mol. The summed E-state index contributed by atoms with van der Waals surface area (Å²) in [5, 5.41) is 16.7. The molecule has 0 bridgehead atoms. The topological polar surface area (TPSA) is 206 Å². The third-order valence-corrected chi connectivity index (χ3v) is 11.0. The van der Waals surface area contributed by atoms with Crippen molar-refractivity contribution in [3.63, 3.8) is 0 Å². The third kappa shape index (κ3) is 11.8. The van der Waals surface area contributed by atoms with Crippen molar-refractivity contribution in [3.8, 4) is 0 Å². The van der Waals surface area contributed by atoms with Crippen LogP contribution in [-0.2, 0) is 38.4 Å². The smallest absolute Gasteiger partial charge is 0.471 e. The molecule has 0 aromatic heterocycles. The van der Waals surface area contributed by atoms with Crippen LogP contribution in [0.3, 0.4) is 0 Å². The van der Waals surface area contributed by atoms with Crippen LogP contribution in [0, 0.1) is 11.8 Å². The third-order valence-electron chi connectivity index (χ3n) is 11.0. The maximum atomic E-state index is 14.3. The number of carboxylic acid groups (broad SMARTS) is 1. The molecule has 2 aliphatic heterocycles. The number of carboxylic acids is 1. The fraction of sp³-hybridized carbons (Fsp3) is 0.789. The standard InChI is InChI=1S/C38H60F3N7O9/c1-7-47(29(23(3)4)31(52)43-26(22-28(50)51)34(55)46-19-13-14-20-46)27(49)21-25(33(54)45-17-11-12-18-45)42-32(53)30(24(5)6)48(8-2)36(57)37(15-9-10-16-37)44-35(56)38(39,40)41/h23-26,29-30H,7-22H2,1-6H3,(H,42,53)(H,43,52)(H,44,56)(H,50,51)/t25-,26-,29-,30-/m0/s1. The number of nitrogens with one attached hydrogen (secondary N) is 3. The average Bonchev–Trinajstić information content (AvgIpc) is 3.94. The lowest BCUT2D eigenvalue weighted by Crippen LogP contribution is -2.65. The van der Waals surface area contributed by atoms with E-state index in [-0.39, 0.29) is 25.9 Å². The number of carbonyl (C=O) groups excluding carboxylic acids is 7. The number of hydrogen-bond donors (Lipinski definition) is 4. The van der Waals surface area contributed by atoms with Crippen LogP contribution in [0.5, 0.6) is 0 Å². The zero-order valence-corrected chi connectivity index (χ0v) is 33.9. The van der Waals surface area contributed by atoms with E-state index in [0.717, 1.165) is 17.7 Å². The summed E-state index contributed by atoms with van der Waals surface area (Å²) < 4.78 is 40.1. The average molecular weight is 816 g/mol. The number of nitrogens with zero attached hydrogens (tertiary/aromatic N) is 4. The molecule has 3 fully saturated rings. The molecule has 4 N–H and O–H groups in total. The Bertz CT molecular complexity index is 1490. The summed E-state index contributed by atoms with van der Waals surface area (Å²) in [6.45, 7) is 11.1. The molecule has 0 aromatic carbocycles. The molecule has 7 amide bonds.